The van der Waals surface area contributed by atoms with Gasteiger partial charge in [-0.2, -0.15) is 5.10 Å². The van der Waals surface area contributed by atoms with E-state index in [4.69, 9.17) is 14.2 Å². The number of aromatic nitrogens is 2. The number of methoxy groups -OCH3 is 2. The Hall–Kier alpha value is -3.48. The predicted molar refractivity (Wildman–Crippen MR) is 103 cm³/mol. The summed E-state index contributed by atoms with van der Waals surface area (Å²) in [6.07, 6.45) is 0. The number of hydrogen-bond acceptors (Lipinski definition) is 5. The number of carbonyl (C=O) groups excluding carboxylic acids is 1. The maximum atomic E-state index is 12.5. The highest BCUT2D eigenvalue weighted by Crippen LogP contribution is 2.30. The molecule has 0 aliphatic carbocycles. The zero-order chi connectivity index (χ0) is 19.2. The third-order valence-corrected chi connectivity index (χ3v) is 3.92. The Morgan fingerprint density at radius 1 is 1.04 bits per heavy atom. The van der Waals surface area contributed by atoms with Crippen molar-refractivity contribution in [2.75, 3.05) is 26.1 Å². The van der Waals surface area contributed by atoms with Gasteiger partial charge in [-0.3, -0.25) is 9.89 Å². The molecule has 0 spiro atoms. The minimum absolute atomic E-state index is 0.299. The molecule has 0 unspecified atom stereocenters. The Balaban J connectivity index is 1.73. The van der Waals surface area contributed by atoms with Crippen LogP contribution in [0, 0.1) is 0 Å². The number of nitrogens with zero attached hydrogens (tertiary/aromatic N) is 1. The molecule has 0 fully saturated rings. The van der Waals surface area contributed by atoms with Gasteiger partial charge in [-0.25, -0.2) is 0 Å². The fourth-order valence-electron chi connectivity index (χ4n) is 2.59. The monoisotopic (exact) mass is 367 g/mol. The van der Waals surface area contributed by atoms with Crippen molar-refractivity contribution in [3.8, 4) is 28.5 Å². The summed E-state index contributed by atoms with van der Waals surface area (Å²) in [5.41, 5.74) is 2.51. The molecule has 0 aliphatic rings. The van der Waals surface area contributed by atoms with Crippen LogP contribution in [-0.4, -0.2) is 36.9 Å². The average molecular weight is 367 g/mol. The molecule has 7 heteroatoms. The summed E-state index contributed by atoms with van der Waals surface area (Å²) in [5, 5.41) is 9.79. The second kappa shape index (κ2) is 8.27. The van der Waals surface area contributed by atoms with Crippen molar-refractivity contribution < 1.29 is 19.0 Å². The molecule has 2 aromatic carbocycles. The summed E-state index contributed by atoms with van der Waals surface area (Å²) in [7, 11) is 3.10. The van der Waals surface area contributed by atoms with E-state index in [1.54, 1.807) is 38.5 Å². The lowest BCUT2D eigenvalue weighted by atomic mass is 10.1. The Kier molecular flexibility index (Phi) is 5.61. The molecule has 140 valence electrons. The first-order chi connectivity index (χ1) is 13.1. The molecular formula is C20H21N3O4. The van der Waals surface area contributed by atoms with Gasteiger partial charge in [-0.1, -0.05) is 0 Å². The van der Waals surface area contributed by atoms with Crippen molar-refractivity contribution in [3.63, 3.8) is 0 Å². The molecule has 0 saturated heterocycles. The lowest BCUT2D eigenvalue weighted by molar-refractivity contribution is 0.102. The lowest BCUT2D eigenvalue weighted by Gasteiger charge is -2.10. The molecule has 0 radical (unpaired) electrons. The van der Waals surface area contributed by atoms with E-state index in [0.29, 0.717) is 35.2 Å². The molecule has 27 heavy (non-hydrogen) atoms. The van der Waals surface area contributed by atoms with Gasteiger partial charge in [0.25, 0.3) is 5.91 Å². The van der Waals surface area contributed by atoms with Crippen LogP contribution in [-0.2, 0) is 0 Å². The number of anilines is 1. The quantitative estimate of drug-likeness (QED) is 0.664. The van der Waals surface area contributed by atoms with Gasteiger partial charge in [0, 0.05) is 17.3 Å². The third kappa shape index (κ3) is 4.20. The van der Waals surface area contributed by atoms with E-state index in [1.807, 2.05) is 31.2 Å². The Morgan fingerprint density at radius 3 is 2.44 bits per heavy atom. The van der Waals surface area contributed by atoms with Crippen LogP contribution in [0.3, 0.4) is 0 Å². The molecule has 0 bridgehead atoms. The normalized spacial score (nSPS) is 10.3. The number of carbonyl (C=O) groups is 1. The molecule has 1 aromatic heterocycles. The fraction of sp³-hybridized carbons (Fsp3) is 0.200. The van der Waals surface area contributed by atoms with Gasteiger partial charge in [0.15, 0.2) is 11.5 Å². The van der Waals surface area contributed by atoms with Crippen LogP contribution in [0.25, 0.3) is 11.3 Å². The maximum absolute atomic E-state index is 12.5. The summed E-state index contributed by atoms with van der Waals surface area (Å²) in [6, 6.07) is 14.4. The lowest BCUT2D eigenvalue weighted by Crippen LogP contribution is -2.12. The number of aromatic amines is 1. The van der Waals surface area contributed by atoms with Gasteiger partial charge in [0.2, 0.25) is 0 Å². The molecule has 0 aliphatic heterocycles. The first kappa shape index (κ1) is 18.3. The number of amides is 1. The maximum Gasteiger partial charge on any atom is 0.273 e. The Labute approximate surface area is 157 Å². The molecule has 7 nitrogen and oxygen atoms in total. The van der Waals surface area contributed by atoms with Crippen LogP contribution in [0.15, 0.2) is 48.5 Å². The van der Waals surface area contributed by atoms with E-state index in [0.717, 1.165) is 11.3 Å². The van der Waals surface area contributed by atoms with Crippen molar-refractivity contribution in [2.45, 2.75) is 6.92 Å². The minimum atomic E-state index is -0.299. The van der Waals surface area contributed by atoms with Gasteiger partial charge in [0.05, 0.1) is 26.5 Å². The number of ether oxygens (including phenoxy) is 3. The standard InChI is InChI=1S/C20H21N3O4/c1-4-27-15-8-5-13(6-9-15)16-12-17(23-22-16)20(24)21-14-7-10-18(25-2)19(11-14)26-3/h5-12H,4H2,1-3H3,(H,21,24)(H,22,23). The minimum Gasteiger partial charge on any atom is -0.494 e. The molecule has 3 aromatic rings. The molecular weight excluding hydrogens is 346 g/mol. The molecule has 1 heterocycles. The second-order valence-corrected chi connectivity index (χ2v) is 5.65. The van der Waals surface area contributed by atoms with E-state index >= 15 is 0 Å². The summed E-state index contributed by atoms with van der Waals surface area (Å²) in [5.74, 6) is 1.62. The number of benzene rings is 2. The molecule has 3 rings (SSSR count). The molecule has 0 atom stereocenters. The highest BCUT2D eigenvalue weighted by atomic mass is 16.5. The van der Waals surface area contributed by atoms with Crippen molar-refractivity contribution in [2.24, 2.45) is 0 Å². The van der Waals surface area contributed by atoms with Crippen LogP contribution in [0.5, 0.6) is 17.2 Å². The smallest absolute Gasteiger partial charge is 0.273 e. The van der Waals surface area contributed by atoms with E-state index < -0.39 is 0 Å². The summed E-state index contributed by atoms with van der Waals surface area (Å²) in [6.45, 7) is 2.55. The van der Waals surface area contributed by atoms with E-state index in [1.165, 1.54) is 0 Å². The van der Waals surface area contributed by atoms with Crippen LogP contribution in [0.2, 0.25) is 0 Å². The SMILES string of the molecule is CCOc1ccc(-c2cc(C(=O)Nc3ccc(OC)c(OC)c3)[nH]n2)cc1. The summed E-state index contributed by atoms with van der Waals surface area (Å²) < 4.78 is 15.9. The van der Waals surface area contributed by atoms with Gasteiger partial charge in [-0.15, -0.1) is 0 Å². The first-order valence-electron chi connectivity index (χ1n) is 8.46. The summed E-state index contributed by atoms with van der Waals surface area (Å²) in [4.78, 5) is 12.5. The van der Waals surface area contributed by atoms with E-state index in [9.17, 15) is 4.79 Å². The zero-order valence-electron chi connectivity index (χ0n) is 15.4. The van der Waals surface area contributed by atoms with Crippen molar-refractivity contribution >= 4 is 11.6 Å². The van der Waals surface area contributed by atoms with Gasteiger partial charge < -0.3 is 19.5 Å². The Morgan fingerprint density at radius 2 is 1.78 bits per heavy atom. The highest BCUT2D eigenvalue weighted by molar-refractivity contribution is 6.03. The van der Waals surface area contributed by atoms with Gasteiger partial charge in [0.1, 0.15) is 11.4 Å². The number of hydrogen-bond donors (Lipinski definition) is 2. The highest BCUT2D eigenvalue weighted by Gasteiger charge is 2.13. The van der Waals surface area contributed by atoms with E-state index in [-0.39, 0.29) is 5.91 Å². The summed E-state index contributed by atoms with van der Waals surface area (Å²) >= 11 is 0. The van der Waals surface area contributed by atoms with Crippen molar-refractivity contribution in [3.05, 3.63) is 54.2 Å². The van der Waals surface area contributed by atoms with Crippen molar-refractivity contribution in [1.29, 1.82) is 0 Å². The van der Waals surface area contributed by atoms with Gasteiger partial charge in [-0.05, 0) is 49.4 Å². The van der Waals surface area contributed by atoms with Crippen LogP contribution >= 0.6 is 0 Å². The van der Waals surface area contributed by atoms with Gasteiger partial charge >= 0.3 is 0 Å². The average Bonchev–Trinajstić information content (AvgIpc) is 3.19. The molecule has 1 amide bonds. The number of H-pyrrole nitrogens is 1. The number of rotatable bonds is 7. The van der Waals surface area contributed by atoms with Crippen LogP contribution < -0.4 is 19.5 Å². The topological polar surface area (TPSA) is 85.5 Å². The largest absolute Gasteiger partial charge is 0.494 e. The predicted octanol–water partition coefficient (Wildman–Crippen LogP) is 3.74. The molecule has 0 saturated carbocycles. The number of nitrogens with one attached hydrogen (secondary N) is 2. The zero-order valence-corrected chi connectivity index (χ0v) is 15.4. The van der Waals surface area contributed by atoms with Crippen LogP contribution in [0.4, 0.5) is 5.69 Å². The second-order valence-electron chi connectivity index (χ2n) is 5.65. The van der Waals surface area contributed by atoms with E-state index in [2.05, 4.69) is 15.5 Å². The van der Waals surface area contributed by atoms with Crippen molar-refractivity contribution in [1.82, 2.24) is 10.2 Å². The first-order valence-corrected chi connectivity index (χ1v) is 8.46. The van der Waals surface area contributed by atoms with Crippen LogP contribution in [0.1, 0.15) is 17.4 Å². The fourth-order valence-corrected chi connectivity index (χ4v) is 2.59. The third-order valence-electron chi connectivity index (χ3n) is 3.92. The Bertz CT molecular complexity index is 919. The molecule has 2 N–H and O–H groups in total.